The van der Waals surface area contributed by atoms with Gasteiger partial charge in [0.15, 0.2) is 0 Å². The number of hydrogen-bond donors (Lipinski definition) is 1. The minimum atomic E-state index is -0.355. The van der Waals surface area contributed by atoms with Gasteiger partial charge in [-0.1, -0.05) is 140 Å². The van der Waals surface area contributed by atoms with E-state index in [9.17, 15) is 9.59 Å². The summed E-state index contributed by atoms with van der Waals surface area (Å²) in [5.41, 5.74) is 2.42. The van der Waals surface area contributed by atoms with Crippen molar-refractivity contribution in [3.05, 3.63) is 65.2 Å². The van der Waals surface area contributed by atoms with Crippen molar-refractivity contribution in [2.45, 2.75) is 129 Å². The van der Waals surface area contributed by atoms with E-state index in [4.69, 9.17) is 4.74 Å². The lowest BCUT2D eigenvalue weighted by molar-refractivity contribution is -0.120. The summed E-state index contributed by atoms with van der Waals surface area (Å²) in [6, 6.07) is 15.1. The van der Waals surface area contributed by atoms with Crippen molar-refractivity contribution in [1.29, 1.82) is 0 Å². The van der Waals surface area contributed by atoms with Crippen LogP contribution in [0, 0.1) is 6.92 Å². The number of nitrogens with one attached hydrogen (secondary N) is 1. The van der Waals surface area contributed by atoms with Crippen LogP contribution in [-0.2, 0) is 4.79 Å². The van der Waals surface area contributed by atoms with Gasteiger partial charge in [-0.15, -0.1) is 0 Å². The molecule has 0 aromatic heterocycles. The van der Waals surface area contributed by atoms with Crippen LogP contribution in [-0.4, -0.2) is 17.6 Å². The maximum Gasteiger partial charge on any atom is 0.239 e. The van der Waals surface area contributed by atoms with E-state index in [0.717, 1.165) is 41.9 Å². The summed E-state index contributed by atoms with van der Waals surface area (Å²) in [5, 5.41) is -0.156. The quantitative estimate of drug-likeness (QED) is 0.120. The summed E-state index contributed by atoms with van der Waals surface area (Å²) < 4.78 is 8.61. The van der Waals surface area contributed by atoms with Gasteiger partial charge in [-0.05, 0) is 43.5 Å². The molecule has 0 bridgehead atoms. The van der Waals surface area contributed by atoms with E-state index in [2.05, 4.69) is 11.6 Å². The summed E-state index contributed by atoms with van der Waals surface area (Å²) in [5.74, 6) is 0.293. The Morgan fingerprint density at radius 3 is 1.75 bits per heavy atom. The maximum atomic E-state index is 12.6. The number of unbranched alkanes of at least 4 members (excludes halogenated alkanes) is 15. The standard InChI is InChI=1S/C35H53NO3S/c1-4-5-6-7-8-9-10-11-12-13-14-15-16-17-18-21-28-39-32-26-24-31(25-27-32)30(3)34(37)36-40-35(38)33-23-20-19-22-29(33)2/h19-20,22-27,30H,4-18,21,28H2,1-3H3,(H,36,37). The van der Waals surface area contributed by atoms with E-state index in [-0.39, 0.29) is 16.9 Å². The van der Waals surface area contributed by atoms with Crippen LogP contribution < -0.4 is 9.46 Å². The first-order valence-corrected chi connectivity index (χ1v) is 16.6. The zero-order valence-electron chi connectivity index (χ0n) is 25.3. The van der Waals surface area contributed by atoms with E-state index in [1.807, 2.05) is 56.3 Å². The summed E-state index contributed by atoms with van der Waals surface area (Å²) in [7, 11) is 0. The largest absolute Gasteiger partial charge is 0.494 e. The third-order valence-electron chi connectivity index (χ3n) is 7.65. The predicted octanol–water partition coefficient (Wildman–Crippen LogP) is 10.3. The SMILES string of the molecule is CCCCCCCCCCCCCCCCCCOc1ccc(C(C)C(=O)NSC(=O)c2ccccc2C)cc1. The number of ether oxygens (including phenoxy) is 1. The highest BCUT2D eigenvalue weighted by atomic mass is 32.2. The molecule has 0 saturated carbocycles. The number of benzene rings is 2. The van der Waals surface area contributed by atoms with Crippen molar-refractivity contribution < 1.29 is 14.3 Å². The molecule has 1 atom stereocenters. The average Bonchev–Trinajstić information content (AvgIpc) is 2.97. The van der Waals surface area contributed by atoms with E-state index >= 15 is 0 Å². The molecule has 0 spiro atoms. The van der Waals surface area contributed by atoms with Crippen LogP contribution in [0.4, 0.5) is 0 Å². The third kappa shape index (κ3) is 14.4. The van der Waals surface area contributed by atoms with Gasteiger partial charge in [-0.25, -0.2) is 0 Å². The van der Waals surface area contributed by atoms with Crippen LogP contribution in [0.3, 0.4) is 0 Å². The summed E-state index contributed by atoms with van der Waals surface area (Å²) in [6.07, 6.45) is 21.8. The normalized spacial score (nSPS) is 11.8. The van der Waals surface area contributed by atoms with Gasteiger partial charge in [0.25, 0.3) is 0 Å². The molecule has 0 saturated heterocycles. The predicted molar refractivity (Wildman–Crippen MR) is 171 cm³/mol. The molecule has 1 unspecified atom stereocenters. The van der Waals surface area contributed by atoms with Gasteiger partial charge in [0, 0.05) is 17.5 Å². The zero-order chi connectivity index (χ0) is 28.8. The summed E-state index contributed by atoms with van der Waals surface area (Å²) in [4.78, 5) is 25.0. The van der Waals surface area contributed by atoms with Crippen molar-refractivity contribution in [2.24, 2.45) is 0 Å². The highest BCUT2D eigenvalue weighted by molar-refractivity contribution is 8.12. The second-order valence-corrected chi connectivity index (χ2v) is 11.9. The first-order valence-electron chi connectivity index (χ1n) is 15.8. The van der Waals surface area contributed by atoms with E-state index in [1.54, 1.807) is 6.07 Å². The Hall–Kier alpha value is -2.27. The van der Waals surface area contributed by atoms with Crippen LogP contribution in [0.1, 0.15) is 144 Å². The van der Waals surface area contributed by atoms with Crippen LogP contribution in [0.25, 0.3) is 0 Å². The molecule has 0 aliphatic rings. The number of carbonyl (C=O) groups is 2. The first kappa shape index (κ1) is 33.9. The number of rotatable bonds is 21. The molecule has 0 aliphatic heterocycles. The fraction of sp³-hybridized carbons (Fsp3) is 0.600. The molecule has 0 fully saturated rings. The van der Waals surface area contributed by atoms with E-state index in [0.29, 0.717) is 5.56 Å². The Morgan fingerprint density at radius 2 is 1.23 bits per heavy atom. The van der Waals surface area contributed by atoms with Crippen LogP contribution >= 0.6 is 11.9 Å². The molecule has 1 amide bonds. The van der Waals surface area contributed by atoms with E-state index in [1.165, 1.54) is 96.3 Å². The zero-order valence-corrected chi connectivity index (χ0v) is 26.2. The molecule has 40 heavy (non-hydrogen) atoms. The van der Waals surface area contributed by atoms with Gasteiger partial charge in [0.2, 0.25) is 11.0 Å². The minimum Gasteiger partial charge on any atom is -0.494 e. The Morgan fingerprint density at radius 1 is 0.725 bits per heavy atom. The van der Waals surface area contributed by atoms with Gasteiger partial charge in [-0.3, -0.25) is 14.3 Å². The second kappa shape index (κ2) is 21.5. The molecule has 0 aliphatic carbocycles. The lowest BCUT2D eigenvalue weighted by atomic mass is 10.0. The number of amides is 1. The van der Waals surface area contributed by atoms with Gasteiger partial charge in [0.1, 0.15) is 5.75 Å². The molecular formula is C35H53NO3S. The van der Waals surface area contributed by atoms with Crippen LogP contribution in [0.15, 0.2) is 48.5 Å². The molecule has 0 heterocycles. The molecule has 2 aromatic carbocycles. The highest BCUT2D eigenvalue weighted by Gasteiger charge is 2.18. The van der Waals surface area contributed by atoms with Gasteiger partial charge < -0.3 is 4.74 Å². The Labute approximate surface area is 248 Å². The topological polar surface area (TPSA) is 55.4 Å². The van der Waals surface area contributed by atoms with Crippen molar-refractivity contribution >= 4 is 23.0 Å². The first-order chi connectivity index (χ1) is 19.5. The number of aryl methyl sites for hydroxylation is 1. The second-order valence-electron chi connectivity index (χ2n) is 11.1. The third-order valence-corrected chi connectivity index (χ3v) is 8.36. The lowest BCUT2D eigenvalue weighted by Gasteiger charge is -2.13. The molecule has 0 radical (unpaired) electrons. The molecule has 222 valence electrons. The van der Waals surface area contributed by atoms with Crippen LogP contribution in [0.2, 0.25) is 0 Å². The lowest BCUT2D eigenvalue weighted by Crippen LogP contribution is -2.23. The molecular weight excluding hydrogens is 514 g/mol. The number of carbonyl (C=O) groups excluding carboxylic acids is 2. The Balaban J connectivity index is 1.47. The number of hydrogen-bond acceptors (Lipinski definition) is 4. The Bertz CT molecular complexity index is 959. The van der Waals surface area contributed by atoms with Crippen molar-refractivity contribution in [3.63, 3.8) is 0 Å². The fourth-order valence-corrected chi connectivity index (χ4v) is 5.60. The molecule has 4 nitrogen and oxygen atoms in total. The maximum absolute atomic E-state index is 12.6. The van der Waals surface area contributed by atoms with Crippen LogP contribution in [0.5, 0.6) is 5.75 Å². The van der Waals surface area contributed by atoms with Crippen molar-refractivity contribution in [3.8, 4) is 5.75 Å². The van der Waals surface area contributed by atoms with Gasteiger partial charge in [0.05, 0.1) is 12.5 Å². The van der Waals surface area contributed by atoms with Gasteiger partial charge >= 0.3 is 0 Å². The minimum absolute atomic E-state index is 0.156. The molecule has 2 rings (SSSR count). The molecule has 1 N–H and O–H groups in total. The average molecular weight is 568 g/mol. The Kier molecular flexibility index (Phi) is 18.2. The summed E-state index contributed by atoms with van der Waals surface area (Å²) >= 11 is 0.843. The molecule has 5 heteroatoms. The molecule has 2 aromatic rings. The fourth-order valence-electron chi connectivity index (χ4n) is 4.89. The van der Waals surface area contributed by atoms with Crippen molar-refractivity contribution in [2.75, 3.05) is 6.61 Å². The smallest absolute Gasteiger partial charge is 0.239 e. The highest BCUT2D eigenvalue weighted by Crippen LogP contribution is 2.22. The van der Waals surface area contributed by atoms with Crippen molar-refractivity contribution in [1.82, 2.24) is 4.72 Å². The van der Waals surface area contributed by atoms with E-state index < -0.39 is 0 Å². The monoisotopic (exact) mass is 567 g/mol. The van der Waals surface area contributed by atoms with Gasteiger partial charge in [-0.2, -0.15) is 0 Å². The summed E-state index contributed by atoms with van der Waals surface area (Å²) in [6.45, 7) is 6.75.